The van der Waals surface area contributed by atoms with Gasteiger partial charge in [0.1, 0.15) is 11.9 Å². The van der Waals surface area contributed by atoms with Crippen molar-refractivity contribution in [1.29, 1.82) is 0 Å². The van der Waals surface area contributed by atoms with Gasteiger partial charge in [-0.1, -0.05) is 0 Å². The molecular formula is C17H26N2O2. The third kappa shape index (κ3) is 3.89. The third-order valence-electron chi connectivity index (χ3n) is 4.27. The molecule has 2 heterocycles. The number of ether oxygens (including phenoxy) is 2. The molecule has 1 aromatic rings. The van der Waals surface area contributed by atoms with Gasteiger partial charge in [-0.05, 0) is 56.5 Å². The van der Waals surface area contributed by atoms with E-state index >= 15 is 0 Å². The monoisotopic (exact) mass is 290 g/mol. The summed E-state index contributed by atoms with van der Waals surface area (Å²) < 4.78 is 11.5. The first-order chi connectivity index (χ1) is 10.3. The van der Waals surface area contributed by atoms with Gasteiger partial charge in [0, 0.05) is 31.9 Å². The van der Waals surface area contributed by atoms with Crippen molar-refractivity contribution in [3.05, 3.63) is 23.8 Å². The van der Waals surface area contributed by atoms with E-state index in [4.69, 9.17) is 9.47 Å². The fourth-order valence-corrected chi connectivity index (χ4v) is 3.14. The highest BCUT2D eigenvalue weighted by molar-refractivity contribution is 5.56. The van der Waals surface area contributed by atoms with Crippen LogP contribution in [0.25, 0.3) is 0 Å². The first-order valence-electron chi connectivity index (χ1n) is 8.13. The lowest BCUT2D eigenvalue weighted by molar-refractivity contribution is 0.00741. The highest BCUT2D eigenvalue weighted by atomic mass is 16.5. The fourth-order valence-electron chi connectivity index (χ4n) is 3.14. The van der Waals surface area contributed by atoms with Crippen molar-refractivity contribution >= 4 is 5.69 Å². The van der Waals surface area contributed by atoms with Gasteiger partial charge in [-0.2, -0.15) is 0 Å². The van der Waals surface area contributed by atoms with Crippen LogP contribution in [-0.2, 0) is 4.74 Å². The van der Waals surface area contributed by atoms with Crippen LogP contribution in [0.3, 0.4) is 0 Å². The molecule has 1 aromatic carbocycles. The highest BCUT2D eigenvalue weighted by Gasteiger charge is 2.17. The van der Waals surface area contributed by atoms with E-state index < -0.39 is 0 Å². The molecule has 0 amide bonds. The summed E-state index contributed by atoms with van der Waals surface area (Å²) in [5, 5.41) is 3.45. The quantitative estimate of drug-likeness (QED) is 0.926. The lowest BCUT2D eigenvalue weighted by atomic mass is 10.1. The SMILES string of the molecule is Cc1cc(OC2CCCOC2)ccc1N1CCCNCC1. The third-order valence-corrected chi connectivity index (χ3v) is 4.27. The molecule has 1 atom stereocenters. The first-order valence-corrected chi connectivity index (χ1v) is 8.13. The predicted molar refractivity (Wildman–Crippen MR) is 85.3 cm³/mol. The summed E-state index contributed by atoms with van der Waals surface area (Å²) >= 11 is 0. The molecule has 3 rings (SSSR count). The maximum Gasteiger partial charge on any atom is 0.122 e. The molecule has 21 heavy (non-hydrogen) atoms. The summed E-state index contributed by atoms with van der Waals surface area (Å²) in [5.41, 5.74) is 2.64. The molecule has 116 valence electrons. The maximum absolute atomic E-state index is 6.05. The molecule has 2 saturated heterocycles. The van der Waals surface area contributed by atoms with Crippen LogP contribution in [0, 0.1) is 6.92 Å². The van der Waals surface area contributed by atoms with Gasteiger partial charge in [0.2, 0.25) is 0 Å². The molecule has 1 N–H and O–H groups in total. The maximum atomic E-state index is 6.05. The number of rotatable bonds is 3. The van der Waals surface area contributed by atoms with Gasteiger partial charge in [0.25, 0.3) is 0 Å². The van der Waals surface area contributed by atoms with E-state index in [1.807, 2.05) is 0 Å². The van der Waals surface area contributed by atoms with Crippen LogP contribution in [0.2, 0.25) is 0 Å². The normalized spacial score (nSPS) is 23.7. The Bertz CT molecular complexity index is 450. The van der Waals surface area contributed by atoms with Gasteiger partial charge < -0.3 is 19.7 Å². The van der Waals surface area contributed by atoms with Crippen molar-refractivity contribution in [2.45, 2.75) is 32.3 Å². The second kappa shape index (κ2) is 7.14. The van der Waals surface area contributed by atoms with E-state index in [1.54, 1.807) is 0 Å². The number of aryl methyl sites for hydroxylation is 1. The molecule has 4 heteroatoms. The molecule has 0 radical (unpaired) electrons. The Hall–Kier alpha value is -1.26. The molecule has 2 fully saturated rings. The highest BCUT2D eigenvalue weighted by Crippen LogP contribution is 2.26. The van der Waals surface area contributed by atoms with Crippen molar-refractivity contribution in [3.8, 4) is 5.75 Å². The molecule has 2 aliphatic heterocycles. The summed E-state index contributed by atoms with van der Waals surface area (Å²) in [6, 6.07) is 6.48. The van der Waals surface area contributed by atoms with E-state index in [1.165, 1.54) is 17.7 Å². The van der Waals surface area contributed by atoms with Gasteiger partial charge in [0.15, 0.2) is 0 Å². The van der Waals surface area contributed by atoms with Crippen LogP contribution in [0.5, 0.6) is 5.75 Å². The average molecular weight is 290 g/mol. The Kier molecular flexibility index (Phi) is 4.99. The molecule has 0 aliphatic carbocycles. The van der Waals surface area contributed by atoms with E-state index in [0.717, 1.165) is 58.0 Å². The lowest BCUT2D eigenvalue weighted by Crippen LogP contribution is -2.29. The minimum absolute atomic E-state index is 0.214. The average Bonchev–Trinajstić information content (AvgIpc) is 2.77. The number of nitrogens with one attached hydrogen (secondary N) is 1. The summed E-state index contributed by atoms with van der Waals surface area (Å²) in [6.07, 6.45) is 3.62. The molecule has 0 bridgehead atoms. The Balaban J connectivity index is 1.66. The molecule has 4 nitrogen and oxygen atoms in total. The van der Waals surface area contributed by atoms with Gasteiger partial charge in [-0.15, -0.1) is 0 Å². The van der Waals surface area contributed by atoms with Crippen molar-refractivity contribution in [1.82, 2.24) is 5.32 Å². The summed E-state index contributed by atoms with van der Waals surface area (Å²) in [6.45, 7) is 8.18. The van der Waals surface area contributed by atoms with Crippen LogP contribution < -0.4 is 15.0 Å². The second-order valence-electron chi connectivity index (χ2n) is 6.00. The van der Waals surface area contributed by atoms with Gasteiger partial charge in [0.05, 0.1) is 6.61 Å². The summed E-state index contributed by atoms with van der Waals surface area (Å²) in [4.78, 5) is 2.48. The van der Waals surface area contributed by atoms with Crippen LogP contribution in [0.15, 0.2) is 18.2 Å². The first kappa shape index (κ1) is 14.7. The van der Waals surface area contributed by atoms with Crippen molar-refractivity contribution in [3.63, 3.8) is 0 Å². The fraction of sp³-hybridized carbons (Fsp3) is 0.647. The molecule has 0 saturated carbocycles. The van der Waals surface area contributed by atoms with Crippen LogP contribution in [-0.4, -0.2) is 45.5 Å². The minimum atomic E-state index is 0.214. The number of benzene rings is 1. The van der Waals surface area contributed by atoms with E-state index in [0.29, 0.717) is 0 Å². The van der Waals surface area contributed by atoms with Gasteiger partial charge in [-0.3, -0.25) is 0 Å². The minimum Gasteiger partial charge on any atom is -0.488 e. The summed E-state index contributed by atoms with van der Waals surface area (Å²) in [5.74, 6) is 0.972. The summed E-state index contributed by atoms with van der Waals surface area (Å²) in [7, 11) is 0. The number of nitrogens with zero attached hydrogens (tertiary/aromatic N) is 1. The molecule has 2 aliphatic rings. The molecular weight excluding hydrogens is 264 g/mol. The van der Waals surface area contributed by atoms with Gasteiger partial charge in [-0.25, -0.2) is 0 Å². The Morgan fingerprint density at radius 3 is 3.00 bits per heavy atom. The zero-order chi connectivity index (χ0) is 14.5. The van der Waals surface area contributed by atoms with Crippen molar-refractivity contribution in [2.24, 2.45) is 0 Å². The number of hydrogen-bond acceptors (Lipinski definition) is 4. The predicted octanol–water partition coefficient (Wildman–Crippen LogP) is 2.35. The smallest absolute Gasteiger partial charge is 0.122 e. The van der Waals surface area contributed by atoms with Crippen molar-refractivity contribution in [2.75, 3.05) is 44.3 Å². The molecule has 1 unspecified atom stereocenters. The zero-order valence-corrected chi connectivity index (χ0v) is 12.9. The molecule has 0 aromatic heterocycles. The Morgan fingerprint density at radius 1 is 1.24 bits per heavy atom. The standard InChI is InChI=1S/C17H26N2O2/c1-14-12-15(21-16-4-2-11-20-13-16)5-6-17(14)19-9-3-7-18-8-10-19/h5-6,12,16,18H,2-4,7-11,13H2,1H3. The van der Waals surface area contributed by atoms with Crippen LogP contribution >= 0.6 is 0 Å². The van der Waals surface area contributed by atoms with E-state index in [-0.39, 0.29) is 6.10 Å². The van der Waals surface area contributed by atoms with Crippen LogP contribution in [0.1, 0.15) is 24.8 Å². The van der Waals surface area contributed by atoms with Crippen molar-refractivity contribution < 1.29 is 9.47 Å². The Labute approximate surface area is 127 Å². The Morgan fingerprint density at radius 2 is 2.19 bits per heavy atom. The zero-order valence-electron chi connectivity index (χ0n) is 12.9. The number of hydrogen-bond donors (Lipinski definition) is 1. The second-order valence-corrected chi connectivity index (χ2v) is 6.00. The van der Waals surface area contributed by atoms with Crippen LogP contribution in [0.4, 0.5) is 5.69 Å². The number of anilines is 1. The largest absolute Gasteiger partial charge is 0.488 e. The van der Waals surface area contributed by atoms with E-state index in [9.17, 15) is 0 Å². The van der Waals surface area contributed by atoms with Gasteiger partial charge >= 0.3 is 0 Å². The van der Waals surface area contributed by atoms with E-state index in [2.05, 4.69) is 35.3 Å². The molecule has 0 spiro atoms. The topological polar surface area (TPSA) is 33.7 Å². The lowest BCUT2D eigenvalue weighted by Gasteiger charge is -2.26.